The van der Waals surface area contributed by atoms with Gasteiger partial charge in [0.2, 0.25) is 0 Å². The third-order valence-corrected chi connectivity index (χ3v) is 3.26. The number of nitrogens with two attached hydrogens (primary N) is 1. The van der Waals surface area contributed by atoms with Gasteiger partial charge in [-0.15, -0.1) is 0 Å². The van der Waals surface area contributed by atoms with Crippen molar-refractivity contribution in [1.82, 2.24) is 0 Å². The Morgan fingerprint density at radius 3 is 2.29 bits per heavy atom. The molecule has 4 nitrogen and oxygen atoms in total. The van der Waals surface area contributed by atoms with E-state index in [4.69, 9.17) is 15.2 Å². The standard InChI is InChI=1S/C16H16FNO3/c1-9-4-5-10(6-13(9)18)16(19)11-7-14(20-2)15(21-3)8-12(11)17/h4-8H,18H2,1-3H3. The van der Waals surface area contributed by atoms with E-state index < -0.39 is 11.6 Å². The molecule has 5 heteroatoms. The molecule has 0 atom stereocenters. The third kappa shape index (κ3) is 2.81. The number of carbonyl (C=O) groups excluding carboxylic acids is 1. The lowest BCUT2D eigenvalue weighted by Gasteiger charge is -2.11. The van der Waals surface area contributed by atoms with Crippen LogP contribution in [-0.4, -0.2) is 20.0 Å². The summed E-state index contributed by atoms with van der Waals surface area (Å²) in [5.41, 5.74) is 7.37. The Hall–Kier alpha value is -2.56. The van der Waals surface area contributed by atoms with Crippen molar-refractivity contribution in [2.75, 3.05) is 20.0 Å². The number of hydrogen-bond acceptors (Lipinski definition) is 4. The van der Waals surface area contributed by atoms with E-state index in [1.165, 1.54) is 26.4 Å². The van der Waals surface area contributed by atoms with Crippen LogP contribution < -0.4 is 15.2 Å². The molecule has 110 valence electrons. The molecule has 2 rings (SSSR count). The Kier molecular flexibility index (Phi) is 4.12. The number of ether oxygens (including phenoxy) is 2. The lowest BCUT2D eigenvalue weighted by Crippen LogP contribution is -2.07. The summed E-state index contributed by atoms with van der Waals surface area (Å²) in [5.74, 6) is -0.603. The van der Waals surface area contributed by atoms with Gasteiger partial charge in [0.1, 0.15) is 5.82 Å². The van der Waals surface area contributed by atoms with Crippen molar-refractivity contribution in [3.05, 3.63) is 52.8 Å². The monoisotopic (exact) mass is 289 g/mol. The van der Waals surface area contributed by atoms with Gasteiger partial charge in [-0.3, -0.25) is 4.79 Å². The second kappa shape index (κ2) is 5.83. The van der Waals surface area contributed by atoms with Crippen molar-refractivity contribution in [2.24, 2.45) is 0 Å². The average Bonchev–Trinajstić information content (AvgIpc) is 2.49. The van der Waals surface area contributed by atoms with Crippen molar-refractivity contribution in [3.8, 4) is 11.5 Å². The number of halogens is 1. The number of benzene rings is 2. The molecule has 0 unspecified atom stereocenters. The Labute approximate surface area is 122 Å². The van der Waals surface area contributed by atoms with Crippen LogP contribution in [0.3, 0.4) is 0 Å². The van der Waals surface area contributed by atoms with E-state index in [0.717, 1.165) is 11.6 Å². The molecule has 0 aliphatic heterocycles. The fourth-order valence-electron chi connectivity index (χ4n) is 1.97. The van der Waals surface area contributed by atoms with Crippen LogP contribution >= 0.6 is 0 Å². The summed E-state index contributed by atoms with van der Waals surface area (Å²) in [6.07, 6.45) is 0. The normalized spacial score (nSPS) is 10.3. The van der Waals surface area contributed by atoms with Crippen LogP contribution in [0.25, 0.3) is 0 Å². The highest BCUT2D eigenvalue weighted by molar-refractivity contribution is 6.10. The highest BCUT2D eigenvalue weighted by Gasteiger charge is 2.18. The maximum Gasteiger partial charge on any atom is 0.196 e. The number of carbonyl (C=O) groups is 1. The van der Waals surface area contributed by atoms with Gasteiger partial charge < -0.3 is 15.2 Å². The molecule has 2 N–H and O–H groups in total. The van der Waals surface area contributed by atoms with Gasteiger partial charge in [0.05, 0.1) is 19.8 Å². The molecule has 0 spiro atoms. The molecule has 0 saturated carbocycles. The van der Waals surface area contributed by atoms with Crippen molar-refractivity contribution < 1.29 is 18.7 Å². The summed E-state index contributed by atoms with van der Waals surface area (Å²) in [4.78, 5) is 12.4. The summed E-state index contributed by atoms with van der Waals surface area (Å²) >= 11 is 0. The molecular weight excluding hydrogens is 273 g/mol. The largest absolute Gasteiger partial charge is 0.493 e. The Bertz CT molecular complexity index is 698. The topological polar surface area (TPSA) is 61.5 Å². The van der Waals surface area contributed by atoms with E-state index in [1.54, 1.807) is 12.1 Å². The fraction of sp³-hybridized carbons (Fsp3) is 0.188. The number of nitrogen functional groups attached to an aromatic ring is 1. The van der Waals surface area contributed by atoms with Gasteiger partial charge in [0, 0.05) is 17.3 Å². The van der Waals surface area contributed by atoms with E-state index in [0.29, 0.717) is 17.0 Å². The number of hydrogen-bond donors (Lipinski definition) is 1. The van der Waals surface area contributed by atoms with E-state index in [2.05, 4.69) is 0 Å². The van der Waals surface area contributed by atoms with Crippen molar-refractivity contribution in [1.29, 1.82) is 0 Å². The number of methoxy groups -OCH3 is 2. The van der Waals surface area contributed by atoms with Gasteiger partial charge in [-0.2, -0.15) is 0 Å². The fourth-order valence-corrected chi connectivity index (χ4v) is 1.97. The zero-order chi connectivity index (χ0) is 15.6. The van der Waals surface area contributed by atoms with E-state index in [-0.39, 0.29) is 11.3 Å². The van der Waals surface area contributed by atoms with Gasteiger partial charge in [0.15, 0.2) is 17.3 Å². The minimum atomic E-state index is -0.670. The van der Waals surface area contributed by atoms with Crippen molar-refractivity contribution in [3.63, 3.8) is 0 Å². The molecule has 0 aliphatic carbocycles. The number of aryl methyl sites for hydroxylation is 1. The Morgan fingerprint density at radius 2 is 1.71 bits per heavy atom. The summed E-state index contributed by atoms with van der Waals surface area (Å²) in [7, 11) is 2.83. The lowest BCUT2D eigenvalue weighted by atomic mass is 10.0. The number of anilines is 1. The molecule has 0 saturated heterocycles. The first-order valence-electron chi connectivity index (χ1n) is 6.30. The molecule has 0 bridgehead atoms. The van der Waals surface area contributed by atoms with Crippen LogP contribution in [0.2, 0.25) is 0 Å². The van der Waals surface area contributed by atoms with Crippen LogP contribution in [0, 0.1) is 12.7 Å². The first kappa shape index (κ1) is 14.8. The average molecular weight is 289 g/mol. The zero-order valence-corrected chi connectivity index (χ0v) is 12.1. The Morgan fingerprint density at radius 1 is 1.10 bits per heavy atom. The smallest absolute Gasteiger partial charge is 0.196 e. The number of ketones is 1. The molecule has 0 aliphatic rings. The van der Waals surface area contributed by atoms with Gasteiger partial charge in [-0.1, -0.05) is 12.1 Å². The molecule has 2 aromatic rings. The summed E-state index contributed by atoms with van der Waals surface area (Å²) in [6.45, 7) is 1.83. The predicted molar refractivity (Wildman–Crippen MR) is 78.5 cm³/mol. The quantitative estimate of drug-likeness (QED) is 0.694. The maximum absolute atomic E-state index is 14.1. The van der Waals surface area contributed by atoms with Crippen LogP contribution in [0.1, 0.15) is 21.5 Å². The first-order chi connectivity index (χ1) is 9.97. The van der Waals surface area contributed by atoms with Crippen LogP contribution in [-0.2, 0) is 0 Å². The zero-order valence-electron chi connectivity index (χ0n) is 12.1. The van der Waals surface area contributed by atoms with E-state index in [1.807, 2.05) is 6.92 Å². The second-order valence-corrected chi connectivity index (χ2v) is 4.59. The van der Waals surface area contributed by atoms with Crippen molar-refractivity contribution >= 4 is 11.5 Å². The van der Waals surface area contributed by atoms with Gasteiger partial charge in [0.25, 0.3) is 0 Å². The highest BCUT2D eigenvalue weighted by atomic mass is 19.1. The van der Waals surface area contributed by atoms with Gasteiger partial charge in [-0.05, 0) is 24.6 Å². The number of rotatable bonds is 4. The molecule has 0 amide bonds. The Balaban J connectivity index is 2.50. The van der Waals surface area contributed by atoms with Crippen LogP contribution in [0.4, 0.5) is 10.1 Å². The SMILES string of the molecule is COc1cc(F)c(C(=O)c2ccc(C)c(N)c2)cc1OC. The first-order valence-corrected chi connectivity index (χ1v) is 6.30. The van der Waals surface area contributed by atoms with Crippen molar-refractivity contribution in [2.45, 2.75) is 6.92 Å². The molecule has 21 heavy (non-hydrogen) atoms. The van der Waals surface area contributed by atoms with Crippen LogP contribution in [0.5, 0.6) is 11.5 Å². The molecule has 0 fully saturated rings. The predicted octanol–water partition coefficient (Wildman–Crippen LogP) is 2.96. The molecule has 0 radical (unpaired) electrons. The van der Waals surface area contributed by atoms with Gasteiger partial charge in [-0.25, -0.2) is 4.39 Å². The van der Waals surface area contributed by atoms with Crippen LogP contribution in [0.15, 0.2) is 30.3 Å². The molecular formula is C16H16FNO3. The maximum atomic E-state index is 14.1. The minimum Gasteiger partial charge on any atom is -0.493 e. The third-order valence-electron chi connectivity index (χ3n) is 3.26. The minimum absolute atomic E-state index is 0.0871. The van der Waals surface area contributed by atoms with Gasteiger partial charge >= 0.3 is 0 Å². The lowest BCUT2D eigenvalue weighted by molar-refractivity contribution is 0.103. The second-order valence-electron chi connectivity index (χ2n) is 4.59. The molecule has 2 aromatic carbocycles. The summed E-state index contributed by atoms with van der Waals surface area (Å²) in [6, 6.07) is 7.33. The molecule has 0 heterocycles. The van der Waals surface area contributed by atoms with E-state index in [9.17, 15) is 9.18 Å². The highest BCUT2D eigenvalue weighted by Crippen LogP contribution is 2.31. The summed E-state index contributed by atoms with van der Waals surface area (Å²) < 4.78 is 24.2. The van der Waals surface area contributed by atoms with E-state index >= 15 is 0 Å². The molecule has 0 aromatic heterocycles. The summed E-state index contributed by atoms with van der Waals surface area (Å²) in [5, 5.41) is 0.